The second-order valence-corrected chi connectivity index (χ2v) is 9.48. The molecule has 2 aliphatic rings. The molecular formula is C21H22BrClF4N4O. The zero-order valence-corrected chi connectivity index (χ0v) is 19.6. The number of carbonyl (C=O) groups excluding carboxylic acids is 1. The van der Waals surface area contributed by atoms with Crippen LogP contribution in [-0.4, -0.2) is 51.7 Å². The summed E-state index contributed by atoms with van der Waals surface area (Å²) in [5.74, 6) is -0.664. The molecule has 1 aromatic carbocycles. The van der Waals surface area contributed by atoms with Crippen molar-refractivity contribution in [3.8, 4) is 0 Å². The molecule has 4 rings (SSSR count). The van der Waals surface area contributed by atoms with Crippen molar-refractivity contribution in [1.82, 2.24) is 19.6 Å². The molecule has 1 saturated carbocycles. The number of carbonyl (C=O) groups is 1. The average Bonchev–Trinajstić information content (AvgIpc) is 3.50. The molecule has 11 heteroatoms. The highest BCUT2D eigenvalue weighted by Crippen LogP contribution is 2.47. The van der Waals surface area contributed by atoms with E-state index in [0.717, 1.165) is 18.4 Å². The van der Waals surface area contributed by atoms with E-state index in [2.05, 4.69) is 25.9 Å². The number of hydrogen-bond acceptors (Lipinski definition) is 3. The Labute approximate surface area is 196 Å². The highest BCUT2D eigenvalue weighted by Gasteiger charge is 2.43. The van der Waals surface area contributed by atoms with Crippen molar-refractivity contribution in [2.45, 2.75) is 44.4 Å². The molecule has 5 nitrogen and oxygen atoms in total. The summed E-state index contributed by atoms with van der Waals surface area (Å²) >= 11 is 9.18. The van der Waals surface area contributed by atoms with Gasteiger partial charge >= 0.3 is 6.18 Å². The van der Waals surface area contributed by atoms with Crippen LogP contribution < -0.4 is 0 Å². The van der Waals surface area contributed by atoms with Crippen molar-refractivity contribution in [2.75, 3.05) is 26.2 Å². The Morgan fingerprint density at radius 3 is 2.47 bits per heavy atom. The molecule has 1 aromatic heterocycles. The summed E-state index contributed by atoms with van der Waals surface area (Å²) in [4.78, 5) is 16.9. The zero-order valence-electron chi connectivity index (χ0n) is 17.3. The van der Waals surface area contributed by atoms with Gasteiger partial charge in [-0.2, -0.15) is 18.3 Å². The Morgan fingerprint density at radius 1 is 1.25 bits per heavy atom. The first-order valence-corrected chi connectivity index (χ1v) is 11.5. The first-order valence-electron chi connectivity index (χ1n) is 10.4. The molecular weight excluding hydrogens is 516 g/mol. The number of nitrogens with zero attached hydrogens (tertiary/aromatic N) is 4. The van der Waals surface area contributed by atoms with Gasteiger partial charge in [0.2, 0.25) is 5.91 Å². The number of piperazine rings is 1. The van der Waals surface area contributed by atoms with Crippen molar-refractivity contribution in [3.05, 3.63) is 50.5 Å². The topological polar surface area (TPSA) is 41.4 Å². The number of rotatable bonds is 5. The molecule has 1 saturated heterocycles. The van der Waals surface area contributed by atoms with Crippen molar-refractivity contribution >= 4 is 33.4 Å². The molecule has 1 amide bonds. The number of halogens is 6. The lowest BCUT2D eigenvalue weighted by molar-refractivity contribution is -0.143. The number of benzene rings is 1. The Balaban J connectivity index is 1.43. The van der Waals surface area contributed by atoms with Gasteiger partial charge < -0.3 is 4.90 Å². The average molecular weight is 538 g/mol. The van der Waals surface area contributed by atoms with E-state index >= 15 is 0 Å². The van der Waals surface area contributed by atoms with Gasteiger partial charge in [-0.3, -0.25) is 14.4 Å². The fraction of sp³-hybridized carbons (Fsp3) is 0.524. The van der Waals surface area contributed by atoms with Crippen molar-refractivity contribution < 1.29 is 22.4 Å². The molecule has 1 aliphatic heterocycles. The Morgan fingerprint density at radius 2 is 1.91 bits per heavy atom. The maximum absolute atomic E-state index is 13.4. The summed E-state index contributed by atoms with van der Waals surface area (Å²) in [6.07, 6.45) is -3.02. The molecule has 174 valence electrons. The SMILES string of the molecule is CC(C(=O)N1CCN(Cc2ccc(F)cc2Cl)CC1)n1nc(C(F)(F)F)c(Br)c1C1CC1. The maximum Gasteiger partial charge on any atom is 0.436 e. The zero-order chi connectivity index (χ0) is 23.2. The third-order valence-corrected chi connectivity index (χ3v) is 7.07. The minimum atomic E-state index is -4.59. The standard InChI is InChI=1S/C21H22BrClF4N4O/c1-12(31-18(13-2-3-13)17(22)19(28-31)21(25,26)27)20(32)30-8-6-29(7-9-30)11-14-4-5-15(24)10-16(14)23/h4-5,10,12-13H,2-3,6-9,11H2,1H3. The smallest absolute Gasteiger partial charge is 0.338 e. The largest absolute Gasteiger partial charge is 0.436 e. The van der Waals surface area contributed by atoms with E-state index in [1.165, 1.54) is 16.8 Å². The monoisotopic (exact) mass is 536 g/mol. The normalized spacial score (nSPS) is 18.8. The number of alkyl halides is 3. The fourth-order valence-electron chi connectivity index (χ4n) is 4.01. The summed E-state index contributed by atoms with van der Waals surface area (Å²) in [6.45, 7) is 4.17. The summed E-state index contributed by atoms with van der Waals surface area (Å²) in [5, 5.41) is 4.14. The number of amides is 1. The molecule has 0 bridgehead atoms. The molecule has 2 fully saturated rings. The van der Waals surface area contributed by atoms with Crippen molar-refractivity contribution in [1.29, 1.82) is 0 Å². The Kier molecular flexibility index (Phi) is 6.57. The van der Waals surface area contributed by atoms with Crippen LogP contribution in [0, 0.1) is 5.82 Å². The maximum atomic E-state index is 13.4. The van der Waals surface area contributed by atoms with Gasteiger partial charge in [-0.25, -0.2) is 4.39 Å². The lowest BCUT2D eigenvalue weighted by Crippen LogP contribution is -2.50. The molecule has 1 atom stereocenters. The van der Waals surface area contributed by atoms with E-state index in [1.54, 1.807) is 17.9 Å². The van der Waals surface area contributed by atoms with Gasteiger partial charge in [0, 0.05) is 43.7 Å². The predicted octanol–water partition coefficient (Wildman–Crippen LogP) is 5.24. The van der Waals surface area contributed by atoms with E-state index in [-0.39, 0.29) is 16.3 Å². The molecule has 1 aliphatic carbocycles. The summed E-state index contributed by atoms with van der Waals surface area (Å²) < 4.78 is 54.6. The van der Waals surface area contributed by atoms with E-state index in [1.807, 2.05) is 0 Å². The van der Waals surface area contributed by atoms with Crippen molar-refractivity contribution in [2.24, 2.45) is 0 Å². The van der Waals surface area contributed by atoms with Crippen LogP contribution in [0.25, 0.3) is 0 Å². The van der Waals surface area contributed by atoms with Crippen LogP contribution in [0.1, 0.15) is 48.7 Å². The van der Waals surface area contributed by atoms with Crippen LogP contribution in [0.15, 0.2) is 22.7 Å². The Bertz CT molecular complexity index is 1020. The first-order chi connectivity index (χ1) is 15.1. The molecule has 2 heterocycles. The van der Waals surface area contributed by atoms with Gasteiger partial charge in [0.05, 0.1) is 10.2 Å². The number of hydrogen-bond donors (Lipinski definition) is 0. The summed E-state index contributed by atoms with van der Waals surface area (Å²) in [5.41, 5.74) is 0.263. The molecule has 2 aromatic rings. The highest BCUT2D eigenvalue weighted by molar-refractivity contribution is 9.10. The van der Waals surface area contributed by atoms with Crippen LogP contribution in [-0.2, 0) is 17.5 Å². The third kappa shape index (κ3) is 4.82. The van der Waals surface area contributed by atoms with Crippen LogP contribution in [0.5, 0.6) is 0 Å². The van der Waals surface area contributed by atoms with Crippen LogP contribution >= 0.6 is 27.5 Å². The predicted molar refractivity (Wildman–Crippen MR) is 115 cm³/mol. The van der Waals surface area contributed by atoms with Gasteiger partial charge in [0.15, 0.2) is 5.69 Å². The van der Waals surface area contributed by atoms with Crippen LogP contribution in [0.3, 0.4) is 0 Å². The summed E-state index contributed by atoms with van der Waals surface area (Å²) in [6, 6.07) is 3.44. The molecule has 1 unspecified atom stereocenters. The molecule has 0 N–H and O–H groups in total. The molecule has 0 radical (unpaired) electrons. The van der Waals surface area contributed by atoms with E-state index in [0.29, 0.717) is 43.4 Å². The van der Waals surface area contributed by atoms with Crippen LogP contribution in [0.2, 0.25) is 5.02 Å². The Hall–Kier alpha value is -1.65. The van der Waals surface area contributed by atoms with E-state index in [4.69, 9.17) is 11.6 Å². The second kappa shape index (κ2) is 8.95. The molecule has 32 heavy (non-hydrogen) atoms. The van der Waals surface area contributed by atoms with Crippen molar-refractivity contribution in [3.63, 3.8) is 0 Å². The summed E-state index contributed by atoms with van der Waals surface area (Å²) in [7, 11) is 0. The van der Waals surface area contributed by atoms with Gasteiger partial charge in [-0.1, -0.05) is 17.7 Å². The minimum absolute atomic E-state index is 0.0134. The first kappa shape index (κ1) is 23.5. The van der Waals surface area contributed by atoms with Crippen LogP contribution in [0.4, 0.5) is 17.6 Å². The van der Waals surface area contributed by atoms with Gasteiger partial charge in [-0.05, 0) is 53.4 Å². The number of aromatic nitrogens is 2. The highest BCUT2D eigenvalue weighted by atomic mass is 79.9. The van der Waals surface area contributed by atoms with Gasteiger partial charge in [-0.15, -0.1) is 0 Å². The molecule has 0 spiro atoms. The lowest BCUT2D eigenvalue weighted by Gasteiger charge is -2.36. The fourth-order valence-corrected chi connectivity index (χ4v) is 5.05. The van der Waals surface area contributed by atoms with Gasteiger partial charge in [0.25, 0.3) is 0 Å². The van der Waals surface area contributed by atoms with E-state index < -0.39 is 23.7 Å². The van der Waals surface area contributed by atoms with E-state index in [9.17, 15) is 22.4 Å². The quantitative estimate of drug-likeness (QED) is 0.490. The lowest BCUT2D eigenvalue weighted by atomic mass is 10.1. The minimum Gasteiger partial charge on any atom is -0.338 e. The third-order valence-electron chi connectivity index (χ3n) is 5.94. The van der Waals surface area contributed by atoms with Gasteiger partial charge in [0.1, 0.15) is 11.9 Å². The second-order valence-electron chi connectivity index (χ2n) is 8.28.